The highest BCUT2D eigenvalue weighted by Crippen LogP contribution is 2.26. The number of hydrogen-bond donors (Lipinski definition) is 1. The molecule has 0 aromatic carbocycles. The van der Waals surface area contributed by atoms with E-state index in [4.69, 9.17) is 0 Å². The van der Waals surface area contributed by atoms with Crippen LogP contribution in [0.25, 0.3) is 0 Å². The molecule has 2 heterocycles. The van der Waals surface area contributed by atoms with Gasteiger partial charge in [-0.2, -0.15) is 5.10 Å². The molecule has 0 aliphatic carbocycles. The van der Waals surface area contributed by atoms with E-state index in [1.807, 2.05) is 11.7 Å². The van der Waals surface area contributed by atoms with Crippen molar-refractivity contribution in [3.63, 3.8) is 0 Å². The van der Waals surface area contributed by atoms with Gasteiger partial charge in [0.2, 0.25) is 0 Å². The molecule has 1 saturated heterocycles. The first kappa shape index (κ1) is 13.6. The number of nitrogens with one attached hydrogen (secondary N) is 1. The van der Waals surface area contributed by atoms with Crippen LogP contribution in [0.15, 0.2) is 6.20 Å². The summed E-state index contributed by atoms with van der Waals surface area (Å²) in [5.74, 6) is 0. The third-order valence-corrected chi connectivity index (χ3v) is 3.98. The van der Waals surface area contributed by atoms with Gasteiger partial charge in [0, 0.05) is 37.4 Å². The molecular weight excluding hydrogens is 224 g/mol. The summed E-state index contributed by atoms with van der Waals surface area (Å²) in [6.45, 7) is 10.1. The molecule has 1 aliphatic rings. The highest BCUT2D eigenvalue weighted by Gasteiger charge is 2.27. The van der Waals surface area contributed by atoms with Crippen LogP contribution in [0.1, 0.15) is 44.0 Å². The first-order valence-corrected chi connectivity index (χ1v) is 7.10. The van der Waals surface area contributed by atoms with E-state index in [2.05, 4.69) is 42.3 Å². The highest BCUT2D eigenvalue weighted by atomic mass is 15.3. The quantitative estimate of drug-likeness (QED) is 0.866. The van der Waals surface area contributed by atoms with E-state index < -0.39 is 0 Å². The SMILES string of the molecule is CCCN(C1CCNC1)C(C)c1cn(C)nc1C. The van der Waals surface area contributed by atoms with Crippen molar-refractivity contribution in [2.75, 3.05) is 19.6 Å². The Kier molecular flexibility index (Phi) is 4.40. The van der Waals surface area contributed by atoms with E-state index in [1.54, 1.807) is 0 Å². The lowest BCUT2D eigenvalue weighted by atomic mass is 10.0. The van der Waals surface area contributed by atoms with Crippen LogP contribution in [-0.4, -0.2) is 40.4 Å². The van der Waals surface area contributed by atoms with Gasteiger partial charge < -0.3 is 5.32 Å². The fraction of sp³-hybridized carbons (Fsp3) is 0.786. The topological polar surface area (TPSA) is 33.1 Å². The molecule has 0 spiro atoms. The van der Waals surface area contributed by atoms with Crippen LogP contribution < -0.4 is 5.32 Å². The zero-order valence-corrected chi connectivity index (χ0v) is 12.1. The number of aryl methyl sites for hydroxylation is 2. The number of hydrogen-bond acceptors (Lipinski definition) is 3. The van der Waals surface area contributed by atoms with Crippen molar-refractivity contribution >= 4 is 0 Å². The van der Waals surface area contributed by atoms with Gasteiger partial charge in [-0.3, -0.25) is 9.58 Å². The molecule has 1 aromatic heterocycles. The minimum Gasteiger partial charge on any atom is -0.315 e. The Morgan fingerprint density at radius 1 is 1.61 bits per heavy atom. The Labute approximate surface area is 110 Å². The smallest absolute Gasteiger partial charge is 0.0641 e. The third kappa shape index (κ3) is 2.75. The Bertz CT molecular complexity index is 379. The van der Waals surface area contributed by atoms with Gasteiger partial charge in [-0.15, -0.1) is 0 Å². The minimum absolute atomic E-state index is 0.462. The van der Waals surface area contributed by atoms with Crippen molar-refractivity contribution in [3.8, 4) is 0 Å². The highest BCUT2D eigenvalue weighted by molar-refractivity contribution is 5.19. The van der Waals surface area contributed by atoms with Crippen LogP contribution in [-0.2, 0) is 7.05 Å². The molecule has 18 heavy (non-hydrogen) atoms. The fourth-order valence-corrected chi connectivity index (χ4v) is 3.08. The van der Waals surface area contributed by atoms with Crippen molar-refractivity contribution in [3.05, 3.63) is 17.5 Å². The second kappa shape index (κ2) is 5.85. The zero-order valence-electron chi connectivity index (χ0n) is 12.1. The van der Waals surface area contributed by atoms with Crippen LogP contribution in [0.2, 0.25) is 0 Å². The first-order chi connectivity index (χ1) is 8.63. The average molecular weight is 250 g/mol. The lowest BCUT2D eigenvalue weighted by Gasteiger charge is -2.33. The van der Waals surface area contributed by atoms with Gasteiger partial charge in [-0.1, -0.05) is 6.92 Å². The van der Waals surface area contributed by atoms with Crippen molar-refractivity contribution in [2.45, 2.75) is 45.7 Å². The molecule has 2 atom stereocenters. The van der Waals surface area contributed by atoms with Crippen LogP contribution in [0.4, 0.5) is 0 Å². The van der Waals surface area contributed by atoms with Crippen LogP contribution in [0.3, 0.4) is 0 Å². The van der Waals surface area contributed by atoms with Crippen LogP contribution in [0, 0.1) is 6.92 Å². The standard InChI is InChI=1S/C14H26N4/c1-5-8-18(13-6-7-15-9-13)12(3)14-10-17(4)16-11(14)2/h10,12-13,15H,5-9H2,1-4H3. The molecule has 1 fully saturated rings. The summed E-state index contributed by atoms with van der Waals surface area (Å²) in [7, 11) is 2.00. The molecular formula is C14H26N4. The molecule has 0 amide bonds. The minimum atomic E-state index is 0.462. The summed E-state index contributed by atoms with van der Waals surface area (Å²) in [6.07, 6.45) is 4.65. The number of rotatable bonds is 5. The molecule has 1 aromatic rings. The summed E-state index contributed by atoms with van der Waals surface area (Å²) in [5, 5.41) is 7.95. The number of aromatic nitrogens is 2. The molecule has 4 heteroatoms. The summed E-state index contributed by atoms with van der Waals surface area (Å²) in [5.41, 5.74) is 2.54. The molecule has 0 saturated carbocycles. The lowest BCUT2D eigenvalue weighted by molar-refractivity contribution is 0.153. The predicted molar refractivity (Wildman–Crippen MR) is 74.6 cm³/mol. The van der Waals surface area contributed by atoms with Gasteiger partial charge in [0.1, 0.15) is 0 Å². The van der Waals surface area contributed by atoms with Crippen LogP contribution in [0.5, 0.6) is 0 Å². The molecule has 2 rings (SSSR count). The molecule has 4 nitrogen and oxygen atoms in total. The van der Waals surface area contributed by atoms with Crippen molar-refractivity contribution in [2.24, 2.45) is 7.05 Å². The van der Waals surface area contributed by atoms with Gasteiger partial charge in [0.05, 0.1) is 5.69 Å². The largest absolute Gasteiger partial charge is 0.315 e. The zero-order chi connectivity index (χ0) is 13.1. The maximum Gasteiger partial charge on any atom is 0.0641 e. The Morgan fingerprint density at radius 2 is 2.39 bits per heavy atom. The van der Waals surface area contributed by atoms with E-state index >= 15 is 0 Å². The Morgan fingerprint density at radius 3 is 2.89 bits per heavy atom. The maximum atomic E-state index is 4.48. The molecule has 0 radical (unpaired) electrons. The van der Waals surface area contributed by atoms with Crippen molar-refractivity contribution in [1.82, 2.24) is 20.0 Å². The van der Waals surface area contributed by atoms with Gasteiger partial charge >= 0.3 is 0 Å². The molecule has 2 unspecified atom stereocenters. The summed E-state index contributed by atoms with van der Waals surface area (Å²) < 4.78 is 1.93. The summed E-state index contributed by atoms with van der Waals surface area (Å²) in [6, 6.07) is 1.14. The molecule has 1 N–H and O–H groups in total. The normalized spacial score (nSPS) is 21.7. The van der Waals surface area contributed by atoms with Gasteiger partial charge in [-0.05, 0) is 39.8 Å². The van der Waals surface area contributed by atoms with Gasteiger partial charge in [-0.25, -0.2) is 0 Å². The Balaban J connectivity index is 2.16. The second-order valence-electron chi connectivity index (χ2n) is 5.40. The second-order valence-corrected chi connectivity index (χ2v) is 5.40. The van der Waals surface area contributed by atoms with E-state index in [-0.39, 0.29) is 0 Å². The van der Waals surface area contributed by atoms with Crippen molar-refractivity contribution < 1.29 is 0 Å². The van der Waals surface area contributed by atoms with Gasteiger partial charge in [0.25, 0.3) is 0 Å². The fourth-order valence-electron chi connectivity index (χ4n) is 3.08. The van der Waals surface area contributed by atoms with Crippen LogP contribution >= 0.6 is 0 Å². The maximum absolute atomic E-state index is 4.48. The van der Waals surface area contributed by atoms with E-state index in [1.165, 1.54) is 24.9 Å². The monoisotopic (exact) mass is 250 g/mol. The lowest BCUT2D eigenvalue weighted by Crippen LogP contribution is -2.39. The predicted octanol–water partition coefficient (Wildman–Crippen LogP) is 1.86. The first-order valence-electron chi connectivity index (χ1n) is 7.10. The molecule has 0 bridgehead atoms. The summed E-state index contributed by atoms with van der Waals surface area (Å²) >= 11 is 0. The molecule has 102 valence electrons. The number of nitrogens with zero attached hydrogens (tertiary/aromatic N) is 3. The van der Waals surface area contributed by atoms with Crippen molar-refractivity contribution in [1.29, 1.82) is 0 Å². The van der Waals surface area contributed by atoms with E-state index in [0.717, 1.165) is 18.8 Å². The Hall–Kier alpha value is -0.870. The van der Waals surface area contributed by atoms with Gasteiger partial charge in [0.15, 0.2) is 0 Å². The summed E-state index contributed by atoms with van der Waals surface area (Å²) in [4.78, 5) is 2.64. The van der Waals surface area contributed by atoms with E-state index in [9.17, 15) is 0 Å². The molecule has 1 aliphatic heterocycles. The van der Waals surface area contributed by atoms with E-state index in [0.29, 0.717) is 12.1 Å². The average Bonchev–Trinajstić information content (AvgIpc) is 2.95. The third-order valence-electron chi connectivity index (χ3n) is 3.98.